The van der Waals surface area contributed by atoms with Crippen LogP contribution in [-0.2, 0) is 13.0 Å². The Labute approximate surface area is 141 Å². The molecule has 126 valence electrons. The van der Waals surface area contributed by atoms with E-state index in [2.05, 4.69) is 15.6 Å². The predicted molar refractivity (Wildman–Crippen MR) is 93.6 cm³/mol. The first-order valence-corrected chi connectivity index (χ1v) is 8.14. The van der Waals surface area contributed by atoms with Gasteiger partial charge < -0.3 is 19.1 Å². The summed E-state index contributed by atoms with van der Waals surface area (Å²) in [5, 5.41) is 9.26. The summed E-state index contributed by atoms with van der Waals surface area (Å²) in [7, 11) is 1.64. The van der Waals surface area contributed by atoms with Crippen molar-refractivity contribution in [2.45, 2.75) is 19.4 Å². The Morgan fingerprint density at radius 1 is 1.04 bits per heavy atom. The second-order valence-electron chi connectivity index (χ2n) is 5.49. The van der Waals surface area contributed by atoms with Crippen LogP contribution in [0.4, 0.5) is 0 Å². The van der Waals surface area contributed by atoms with Crippen LogP contribution in [0.25, 0.3) is 11.0 Å². The molecule has 2 aromatic carbocycles. The number of nitrogens with zero attached hydrogens (tertiary/aromatic N) is 2. The van der Waals surface area contributed by atoms with Gasteiger partial charge in [0.15, 0.2) is 11.5 Å². The van der Waals surface area contributed by atoms with Gasteiger partial charge in [-0.25, -0.2) is 4.98 Å². The summed E-state index contributed by atoms with van der Waals surface area (Å²) in [4.78, 5) is 4.61. The minimum atomic E-state index is 0.0983. The van der Waals surface area contributed by atoms with E-state index in [-0.39, 0.29) is 6.61 Å². The van der Waals surface area contributed by atoms with Crippen LogP contribution in [0.1, 0.15) is 12.2 Å². The normalized spacial score (nSPS) is 10.9. The first-order chi connectivity index (χ1) is 11.8. The second-order valence-corrected chi connectivity index (χ2v) is 5.49. The van der Waals surface area contributed by atoms with Gasteiger partial charge in [0.05, 0.1) is 31.4 Å². The lowest BCUT2D eigenvalue weighted by Gasteiger charge is -2.12. The van der Waals surface area contributed by atoms with Crippen LogP contribution in [-0.4, -0.2) is 35.0 Å². The molecule has 1 aromatic heterocycles. The highest BCUT2D eigenvalue weighted by atomic mass is 16.5. The maximum Gasteiger partial charge on any atom is 0.161 e. The van der Waals surface area contributed by atoms with Gasteiger partial charge in [0.1, 0.15) is 5.82 Å². The van der Waals surface area contributed by atoms with E-state index in [0.717, 1.165) is 41.3 Å². The first kappa shape index (κ1) is 16.3. The van der Waals surface area contributed by atoms with Gasteiger partial charge in [0.25, 0.3) is 0 Å². The van der Waals surface area contributed by atoms with Crippen molar-refractivity contribution in [1.29, 1.82) is 0 Å². The molecule has 0 aliphatic heterocycles. The topological polar surface area (TPSA) is 56.5 Å². The third-order valence-electron chi connectivity index (χ3n) is 3.92. The fourth-order valence-corrected chi connectivity index (χ4v) is 2.81. The molecule has 24 heavy (non-hydrogen) atoms. The molecule has 0 unspecified atom stereocenters. The molecule has 0 bridgehead atoms. The molecular formula is C19H22N2O3. The molecule has 0 atom stereocenters. The van der Waals surface area contributed by atoms with E-state index < -0.39 is 0 Å². The molecule has 5 nitrogen and oxygen atoms in total. The number of aromatic nitrogens is 2. The van der Waals surface area contributed by atoms with Crippen LogP contribution in [0.15, 0.2) is 48.5 Å². The summed E-state index contributed by atoms with van der Waals surface area (Å²) in [6.07, 6.45) is 1.40. The van der Waals surface area contributed by atoms with Crippen molar-refractivity contribution >= 4 is 11.0 Å². The molecule has 0 fully saturated rings. The number of aliphatic hydroxyl groups excluding tert-OH is 1. The second kappa shape index (κ2) is 7.84. The maximum absolute atomic E-state index is 9.26. The molecule has 0 radical (unpaired) electrons. The van der Waals surface area contributed by atoms with E-state index in [1.54, 1.807) is 7.11 Å². The Bertz CT molecular complexity index is 798. The highest BCUT2D eigenvalue weighted by molar-refractivity contribution is 5.75. The lowest BCUT2D eigenvalue weighted by atomic mass is 10.3. The van der Waals surface area contributed by atoms with Crippen molar-refractivity contribution in [1.82, 2.24) is 9.55 Å². The molecule has 0 saturated carbocycles. The Balaban J connectivity index is 1.66. The standard InChI is InChI=1S/C19H22N2O3/c1-23-17-9-4-5-10-18(17)24-14-6-12-21-16-8-3-2-7-15(16)20-19(21)11-13-22/h2-5,7-10,22H,6,11-14H2,1H3. The van der Waals surface area contributed by atoms with Crippen LogP contribution in [0.2, 0.25) is 0 Å². The summed E-state index contributed by atoms with van der Waals surface area (Å²) in [5.74, 6) is 2.41. The smallest absolute Gasteiger partial charge is 0.161 e. The largest absolute Gasteiger partial charge is 0.493 e. The number of aryl methyl sites for hydroxylation is 1. The number of rotatable bonds is 8. The average molecular weight is 326 g/mol. The third kappa shape index (κ3) is 3.51. The van der Waals surface area contributed by atoms with E-state index in [4.69, 9.17) is 9.47 Å². The molecular weight excluding hydrogens is 304 g/mol. The molecule has 0 spiro atoms. The van der Waals surface area contributed by atoms with Gasteiger partial charge in [-0.2, -0.15) is 0 Å². The average Bonchev–Trinajstić information content (AvgIpc) is 2.97. The van der Waals surface area contributed by atoms with Gasteiger partial charge in [-0.05, 0) is 30.7 Å². The Kier molecular flexibility index (Phi) is 5.33. The van der Waals surface area contributed by atoms with Gasteiger partial charge in [-0.3, -0.25) is 0 Å². The van der Waals surface area contributed by atoms with Crippen LogP contribution in [0.5, 0.6) is 11.5 Å². The fraction of sp³-hybridized carbons (Fsp3) is 0.316. The summed E-state index contributed by atoms with van der Waals surface area (Å²) in [5.41, 5.74) is 2.06. The minimum absolute atomic E-state index is 0.0983. The van der Waals surface area contributed by atoms with Crippen LogP contribution in [0, 0.1) is 0 Å². The highest BCUT2D eigenvalue weighted by Gasteiger charge is 2.10. The number of ether oxygens (including phenoxy) is 2. The van der Waals surface area contributed by atoms with Crippen molar-refractivity contribution < 1.29 is 14.6 Å². The van der Waals surface area contributed by atoms with Gasteiger partial charge in [-0.1, -0.05) is 24.3 Å². The molecule has 3 rings (SSSR count). The summed E-state index contributed by atoms with van der Waals surface area (Å²) < 4.78 is 13.3. The summed E-state index contributed by atoms with van der Waals surface area (Å²) in [6, 6.07) is 15.7. The molecule has 0 aliphatic carbocycles. The van der Waals surface area contributed by atoms with Gasteiger partial charge in [0.2, 0.25) is 0 Å². The Hall–Kier alpha value is -2.53. The third-order valence-corrected chi connectivity index (χ3v) is 3.92. The zero-order chi connectivity index (χ0) is 16.8. The Morgan fingerprint density at radius 3 is 2.58 bits per heavy atom. The number of fused-ring (bicyclic) bond motifs is 1. The maximum atomic E-state index is 9.26. The number of benzene rings is 2. The number of hydrogen-bond acceptors (Lipinski definition) is 4. The minimum Gasteiger partial charge on any atom is -0.493 e. The van der Waals surface area contributed by atoms with Crippen LogP contribution >= 0.6 is 0 Å². The number of hydrogen-bond donors (Lipinski definition) is 1. The van der Waals surface area contributed by atoms with Crippen LogP contribution < -0.4 is 9.47 Å². The molecule has 0 amide bonds. The molecule has 3 aromatic rings. The Morgan fingerprint density at radius 2 is 1.79 bits per heavy atom. The first-order valence-electron chi connectivity index (χ1n) is 8.14. The van der Waals surface area contributed by atoms with E-state index in [1.165, 1.54) is 0 Å². The summed E-state index contributed by atoms with van der Waals surface area (Å²) >= 11 is 0. The van der Waals surface area contributed by atoms with Crippen molar-refractivity contribution in [3.05, 3.63) is 54.4 Å². The zero-order valence-electron chi connectivity index (χ0n) is 13.8. The zero-order valence-corrected chi connectivity index (χ0v) is 13.8. The van der Waals surface area contributed by atoms with Gasteiger partial charge >= 0.3 is 0 Å². The van der Waals surface area contributed by atoms with Crippen molar-refractivity contribution in [2.75, 3.05) is 20.3 Å². The highest BCUT2D eigenvalue weighted by Crippen LogP contribution is 2.26. The number of imidazole rings is 1. The van der Waals surface area contributed by atoms with E-state index >= 15 is 0 Å². The monoisotopic (exact) mass is 326 g/mol. The van der Waals surface area contributed by atoms with Gasteiger partial charge in [-0.15, -0.1) is 0 Å². The lowest BCUT2D eigenvalue weighted by Crippen LogP contribution is -2.09. The number of para-hydroxylation sites is 4. The fourth-order valence-electron chi connectivity index (χ4n) is 2.81. The lowest BCUT2D eigenvalue weighted by molar-refractivity contribution is 0.279. The molecule has 1 heterocycles. The summed E-state index contributed by atoms with van der Waals surface area (Å²) in [6.45, 7) is 1.48. The van der Waals surface area contributed by atoms with Crippen molar-refractivity contribution in [2.24, 2.45) is 0 Å². The van der Waals surface area contributed by atoms with E-state index in [9.17, 15) is 5.11 Å². The number of aliphatic hydroxyl groups is 1. The van der Waals surface area contributed by atoms with Gasteiger partial charge in [0, 0.05) is 13.0 Å². The van der Waals surface area contributed by atoms with Crippen LogP contribution in [0.3, 0.4) is 0 Å². The van der Waals surface area contributed by atoms with E-state index in [0.29, 0.717) is 13.0 Å². The van der Waals surface area contributed by atoms with Crippen molar-refractivity contribution in [3.63, 3.8) is 0 Å². The number of methoxy groups -OCH3 is 1. The molecule has 0 saturated heterocycles. The quantitative estimate of drug-likeness (QED) is 0.647. The molecule has 1 N–H and O–H groups in total. The van der Waals surface area contributed by atoms with E-state index in [1.807, 2.05) is 42.5 Å². The molecule has 0 aliphatic rings. The predicted octanol–water partition coefficient (Wildman–Crippen LogP) is 3.05. The van der Waals surface area contributed by atoms with Crippen molar-refractivity contribution in [3.8, 4) is 11.5 Å². The SMILES string of the molecule is COc1ccccc1OCCCn1c(CCO)nc2ccccc21. The molecule has 5 heteroatoms.